The summed E-state index contributed by atoms with van der Waals surface area (Å²) in [5.41, 5.74) is 1.04. The SMILES string of the molecule is CC1(C)OB(c2ccc(CCOC(=O)Oc3ccc([N+](=O)[O-])cc3)cc2)OC1(C)C. The second-order valence-corrected chi connectivity index (χ2v) is 8.03. The second-order valence-electron chi connectivity index (χ2n) is 8.03. The number of nitrogens with zero attached hydrogens (tertiary/aromatic N) is 1. The van der Waals surface area contributed by atoms with Crippen LogP contribution in [0, 0.1) is 10.1 Å². The summed E-state index contributed by atoms with van der Waals surface area (Å²) in [5, 5.41) is 10.6. The highest BCUT2D eigenvalue weighted by Crippen LogP contribution is 2.36. The van der Waals surface area contributed by atoms with Crippen molar-refractivity contribution >= 4 is 24.4 Å². The fraction of sp³-hybridized carbons (Fsp3) is 0.381. The topological polar surface area (TPSA) is 97.1 Å². The average molecular weight is 413 g/mol. The Hall–Kier alpha value is -2.91. The molecule has 0 atom stereocenters. The van der Waals surface area contributed by atoms with Crippen LogP contribution in [0.5, 0.6) is 5.75 Å². The van der Waals surface area contributed by atoms with Crippen LogP contribution in [0.1, 0.15) is 33.3 Å². The molecule has 9 heteroatoms. The van der Waals surface area contributed by atoms with Crippen LogP contribution in [0.2, 0.25) is 0 Å². The highest BCUT2D eigenvalue weighted by atomic mass is 16.7. The van der Waals surface area contributed by atoms with Gasteiger partial charge in [0.05, 0.1) is 22.7 Å². The molecule has 0 amide bonds. The first-order valence-corrected chi connectivity index (χ1v) is 9.61. The molecule has 30 heavy (non-hydrogen) atoms. The van der Waals surface area contributed by atoms with Gasteiger partial charge in [-0.1, -0.05) is 24.3 Å². The predicted octanol–water partition coefficient (Wildman–Crippen LogP) is 3.65. The zero-order chi connectivity index (χ0) is 21.9. The van der Waals surface area contributed by atoms with Gasteiger partial charge in [0.15, 0.2) is 0 Å². The molecule has 3 rings (SSSR count). The van der Waals surface area contributed by atoms with Crippen LogP contribution in [0.3, 0.4) is 0 Å². The predicted molar refractivity (Wildman–Crippen MR) is 111 cm³/mol. The van der Waals surface area contributed by atoms with Crippen molar-refractivity contribution in [3.05, 3.63) is 64.2 Å². The van der Waals surface area contributed by atoms with Gasteiger partial charge < -0.3 is 18.8 Å². The Balaban J connectivity index is 1.46. The first-order valence-electron chi connectivity index (χ1n) is 9.61. The maximum absolute atomic E-state index is 11.8. The summed E-state index contributed by atoms with van der Waals surface area (Å²) in [6, 6.07) is 12.9. The molecule has 0 spiro atoms. The van der Waals surface area contributed by atoms with Crippen molar-refractivity contribution < 1.29 is 28.5 Å². The van der Waals surface area contributed by atoms with Gasteiger partial charge in [0.2, 0.25) is 0 Å². The van der Waals surface area contributed by atoms with E-state index in [1.165, 1.54) is 24.3 Å². The first-order chi connectivity index (χ1) is 14.1. The Labute approximate surface area is 175 Å². The molecule has 0 N–H and O–H groups in total. The summed E-state index contributed by atoms with van der Waals surface area (Å²) >= 11 is 0. The van der Waals surface area contributed by atoms with E-state index in [0.29, 0.717) is 6.42 Å². The molecule has 0 unspecified atom stereocenters. The third-order valence-electron chi connectivity index (χ3n) is 5.36. The molecule has 0 bridgehead atoms. The molecule has 0 aromatic heterocycles. The summed E-state index contributed by atoms with van der Waals surface area (Å²) in [6.07, 6.45) is -0.350. The summed E-state index contributed by atoms with van der Waals surface area (Å²) in [4.78, 5) is 21.9. The Kier molecular flexibility index (Phi) is 6.14. The fourth-order valence-electron chi connectivity index (χ4n) is 2.83. The van der Waals surface area contributed by atoms with Crippen molar-refractivity contribution in [2.45, 2.75) is 45.3 Å². The van der Waals surface area contributed by atoms with E-state index in [4.69, 9.17) is 18.8 Å². The smallest absolute Gasteiger partial charge is 0.434 e. The van der Waals surface area contributed by atoms with E-state index in [0.717, 1.165) is 11.0 Å². The van der Waals surface area contributed by atoms with Crippen LogP contribution in [0.15, 0.2) is 48.5 Å². The van der Waals surface area contributed by atoms with Gasteiger partial charge in [0.1, 0.15) is 5.75 Å². The monoisotopic (exact) mass is 413 g/mol. The molecule has 1 heterocycles. The molecular weight excluding hydrogens is 389 g/mol. The van der Waals surface area contributed by atoms with Gasteiger partial charge in [-0.05, 0) is 50.9 Å². The van der Waals surface area contributed by atoms with E-state index in [-0.39, 0.29) is 18.0 Å². The average Bonchev–Trinajstić information content (AvgIpc) is 2.90. The lowest BCUT2D eigenvalue weighted by Gasteiger charge is -2.32. The van der Waals surface area contributed by atoms with Gasteiger partial charge in [-0.25, -0.2) is 4.79 Å². The van der Waals surface area contributed by atoms with Crippen LogP contribution in [-0.4, -0.2) is 36.0 Å². The number of nitro benzene ring substituents is 1. The van der Waals surface area contributed by atoms with Gasteiger partial charge in [0, 0.05) is 18.6 Å². The zero-order valence-corrected chi connectivity index (χ0v) is 17.4. The molecule has 1 aliphatic rings. The summed E-state index contributed by atoms with van der Waals surface area (Å²) in [6.45, 7) is 8.17. The van der Waals surface area contributed by atoms with E-state index in [2.05, 4.69) is 0 Å². The molecule has 158 valence electrons. The van der Waals surface area contributed by atoms with Crippen molar-refractivity contribution in [2.24, 2.45) is 0 Å². The van der Waals surface area contributed by atoms with Crippen LogP contribution < -0.4 is 10.2 Å². The molecule has 2 aromatic rings. The molecule has 1 saturated heterocycles. The van der Waals surface area contributed by atoms with Gasteiger partial charge in [-0.2, -0.15) is 0 Å². The minimum atomic E-state index is -0.863. The second kappa shape index (κ2) is 8.45. The minimum Gasteiger partial charge on any atom is -0.434 e. The maximum Gasteiger partial charge on any atom is 0.513 e. The molecule has 8 nitrogen and oxygen atoms in total. The Morgan fingerprint density at radius 3 is 2.10 bits per heavy atom. The highest BCUT2D eigenvalue weighted by molar-refractivity contribution is 6.62. The number of rotatable bonds is 6. The number of hydrogen-bond donors (Lipinski definition) is 0. The molecule has 0 saturated carbocycles. The molecule has 0 radical (unpaired) electrons. The van der Waals surface area contributed by atoms with Gasteiger partial charge in [0.25, 0.3) is 5.69 Å². The lowest BCUT2D eigenvalue weighted by atomic mass is 9.79. The van der Waals surface area contributed by atoms with Gasteiger partial charge in [-0.3, -0.25) is 10.1 Å². The highest BCUT2D eigenvalue weighted by Gasteiger charge is 2.51. The van der Waals surface area contributed by atoms with E-state index >= 15 is 0 Å². The van der Waals surface area contributed by atoms with E-state index in [9.17, 15) is 14.9 Å². The fourth-order valence-corrected chi connectivity index (χ4v) is 2.83. The van der Waals surface area contributed by atoms with Crippen molar-refractivity contribution in [3.63, 3.8) is 0 Å². The minimum absolute atomic E-state index is 0.0836. The molecule has 1 fully saturated rings. The van der Waals surface area contributed by atoms with Gasteiger partial charge >= 0.3 is 13.3 Å². The van der Waals surface area contributed by atoms with Crippen molar-refractivity contribution in [1.82, 2.24) is 0 Å². The number of carbonyl (C=O) groups is 1. The lowest BCUT2D eigenvalue weighted by Crippen LogP contribution is -2.41. The summed E-state index contributed by atoms with van der Waals surface area (Å²) < 4.78 is 22.1. The largest absolute Gasteiger partial charge is 0.513 e. The number of hydrogen-bond acceptors (Lipinski definition) is 7. The van der Waals surface area contributed by atoms with Crippen LogP contribution in [0.25, 0.3) is 0 Å². The van der Waals surface area contributed by atoms with Crippen LogP contribution in [-0.2, 0) is 20.5 Å². The number of benzene rings is 2. The number of nitro groups is 1. The summed E-state index contributed by atoms with van der Waals surface area (Å²) in [5.74, 6) is 0.178. The zero-order valence-electron chi connectivity index (χ0n) is 17.4. The molecule has 0 aliphatic carbocycles. The van der Waals surface area contributed by atoms with Crippen LogP contribution >= 0.6 is 0 Å². The maximum atomic E-state index is 11.8. The van der Waals surface area contributed by atoms with Crippen LogP contribution in [0.4, 0.5) is 10.5 Å². The number of carbonyl (C=O) groups excluding carboxylic acids is 1. The lowest BCUT2D eigenvalue weighted by molar-refractivity contribution is -0.384. The number of ether oxygens (including phenoxy) is 2. The molecule has 1 aliphatic heterocycles. The Morgan fingerprint density at radius 2 is 1.57 bits per heavy atom. The Morgan fingerprint density at radius 1 is 1.00 bits per heavy atom. The standard InChI is InChI=1S/C21H24BNO7/c1-20(2)21(3,4)30-22(29-20)16-7-5-15(6-8-16)13-14-27-19(24)28-18-11-9-17(10-12-18)23(25)26/h5-12H,13-14H2,1-4H3. The van der Waals surface area contributed by atoms with E-state index < -0.39 is 29.4 Å². The van der Waals surface area contributed by atoms with Crippen molar-refractivity contribution in [1.29, 1.82) is 0 Å². The third-order valence-corrected chi connectivity index (χ3v) is 5.36. The van der Waals surface area contributed by atoms with Crippen molar-refractivity contribution in [3.8, 4) is 5.75 Å². The quantitative estimate of drug-likeness (QED) is 0.234. The van der Waals surface area contributed by atoms with Crippen molar-refractivity contribution in [2.75, 3.05) is 6.61 Å². The van der Waals surface area contributed by atoms with Gasteiger partial charge in [-0.15, -0.1) is 0 Å². The normalized spacial score (nSPS) is 16.9. The first kappa shape index (κ1) is 21.8. The summed E-state index contributed by atoms with van der Waals surface area (Å²) in [7, 11) is -0.419. The third kappa shape index (κ3) is 4.98. The molecule has 2 aromatic carbocycles. The van der Waals surface area contributed by atoms with E-state index in [1.807, 2.05) is 52.0 Å². The number of non-ortho nitro benzene ring substituents is 1. The van der Waals surface area contributed by atoms with E-state index in [1.54, 1.807) is 0 Å². The Bertz CT molecular complexity index is 894. The molecular formula is C21H24BNO7.